The molecule has 2 aliphatic carbocycles. The lowest BCUT2D eigenvalue weighted by Crippen LogP contribution is -2.50. The Morgan fingerprint density at radius 1 is 1.04 bits per heavy atom. The van der Waals surface area contributed by atoms with Crippen molar-refractivity contribution in [1.82, 2.24) is 10.2 Å². The van der Waals surface area contributed by atoms with Gasteiger partial charge < -0.3 is 10.2 Å². The molecule has 0 unspecified atom stereocenters. The lowest BCUT2D eigenvalue weighted by molar-refractivity contribution is -0.135. The third-order valence-corrected chi connectivity index (χ3v) is 6.83. The van der Waals surface area contributed by atoms with Gasteiger partial charge in [-0.15, -0.1) is 0 Å². The van der Waals surface area contributed by atoms with Crippen LogP contribution < -0.4 is 5.32 Å². The minimum atomic E-state index is -0.274. The van der Waals surface area contributed by atoms with Gasteiger partial charge in [-0.3, -0.25) is 9.59 Å². The molecule has 2 amide bonds. The number of benzene rings is 1. The summed E-state index contributed by atoms with van der Waals surface area (Å²) in [6, 6.07) is 8.66. The molecule has 4 heteroatoms. The standard InChI is InChI=1S/C23H32N2O2/c1-17-6-5-9-19(16-17)23(12-13-23)22(27)25-14-10-20(11-15-25)24-21(26)18-7-3-2-4-8-18/h5-6,9,16,18,20H,2-4,7-8,10-15H2,1H3,(H,24,26). The highest BCUT2D eigenvalue weighted by Crippen LogP contribution is 2.50. The fourth-order valence-corrected chi connectivity index (χ4v) is 4.91. The highest BCUT2D eigenvalue weighted by molar-refractivity contribution is 5.91. The highest BCUT2D eigenvalue weighted by atomic mass is 16.2. The Kier molecular flexibility index (Phi) is 5.25. The third-order valence-electron chi connectivity index (χ3n) is 6.83. The van der Waals surface area contributed by atoms with Crippen LogP contribution in [0.3, 0.4) is 0 Å². The zero-order valence-corrected chi connectivity index (χ0v) is 16.5. The predicted octanol–water partition coefficient (Wildman–Crippen LogP) is 3.71. The van der Waals surface area contributed by atoms with Gasteiger partial charge in [0.25, 0.3) is 0 Å². The van der Waals surface area contributed by atoms with Crippen LogP contribution in [0, 0.1) is 12.8 Å². The monoisotopic (exact) mass is 368 g/mol. The van der Waals surface area contributed by atoms with Gasteiger partial charge in [-0.2, -0.15) is 0 Å². The van der Waals surface area contributed by atoms with Gasteiger partial charge >= 0.3 is 0 Å². The van der Waals surface area contributed by atoms with Crippen molar-refractivity contribution < 1.29 is 9.59 Å². The average molecular weight is 369 g/mol. The van der Waals surface area contributed by atoms with Gasteiger partial charge in [0.15, 0.2) is 0 Å². The van der Waals surface area contributed by atoms with E-state index in [1.165, 1.54) is 30.4 Å². The summed E-state index contributed by atoms with van der Waals surface area (Å²) in [7, 11) is 0. The molecule has 2 saturated carbocycles. The smallest absolute Gasteiger partial charge is 0.233 e. The molecule has 3 fully saturated rings. The van der Waals surface area contributed by atoms with Crippen molar-refractivity contribution in [2.45, 2.75) is 76.2 Å². The minimum absolute atomic E-state index is 0.217. The molecule has 1 N–H and O–H groups in total. The molecule has 4 nitrogen and oxygen atoms in total. The number of amides is 2. The maximum atomic E-state index is 13.2. The summed E-state index contributed by atoms with van der Waals surface area (Å²) < 4.78 is 0. The molecule has 1 aromatic rings. The van der Waals surface area contributed by atoms with Crippen molar-refractivity contribution >= 4 is 11.8 Å². The van der Waals surface area contributed by atoms with Gasteiger partial charge in [0.1, 0.15) is 0 Å². The second kappa shape index (κ2) is 7.65. The normalized spacial score (nSPS) is 23.1. The molecule has 3 aliphatic rings. The topological polar surface area (TPSA) is 49.4 Å². The minimum Gasteiger partial charge on any atom is -0.353 e. The van der Waals surface area contributed by atoms with E-state index < -0.39 is 0 Å². The second-order valence-electron chi connectivity index (χ2n) is 8.86. The summed E-state index contributed by atoms with van der Waals surface area (Å²) in [4.78, 5) is 27.7. The fourth-order valence-electron chi connectivity index (χ4n) is 4.91. The first-order valence-corrected chi connectivity index (χ1v) is 10.8. The maximum Gasteiger partial charge on any atom is 0.233 e. The van der Waals surface area contributed by atoms with E-state index in [2.05, 4.69) is 36.5 Å². The Balaban J connectivity index is 1.31. The molecule has 1 saturated heterocycles. The molecule has 1 aromatic carbocycles. The van der Waals surface area contributed by atoms with Crippen molar-refractivity contribution in [3.8, 4) is 0 Å². The molecule has 146 valence electrons. The summed E-state index contributed by atoms with van der Waals surface area (Å²) in [5.41, 5.74) is 2.13. The van der Waals surface area contributed by atoms with E-state index in [0.717, 1.165) is 51.6 Å². The molecule has 4 rings (SSSR count). The first kappa shape index (κ1) is 18.5. The van der Waals surface area contributed by atoms with E-state index in [0.29, 0.717) is 5.91 Å². The number of hydrogen-bond acceptors (Lipinski definition) is 2. The largest absolute Gasteiger partial charge is 0.353 e. The number of nitrogens with one attached hydrogen (secondary N) is 1. The zero-order chi connectivity index (χ0) is 18.9. The molecule has 0 bridgehead atoms. The highest BCUT2D eigenvalue weighted by Gasteiger charge is 2.53. The van der Waals surface area contributed by atoms with Crippen LogP contribution in [-0.2, 0) is 15.0 Å². The van der Waals surface area contributed by atoms with E-state index in [-0.39, 0.29) is 23.3 Å². The van der Waals surface area contributed by atoms with Gasteiger partial charge in [0.2, 0.25) is 11.8 Å². The van der Waals surface area contributed by atoms with E-state index >= 15 is 0 Å². The summed E-state index contributed by atoms with van der Waals surface area (Å²) in [6.07, 6.45) is 9.43. The Morgan fingerprint density at radius 3 is 2.37 bits per heavy atom. The van der Waals surface area contributed by atoms with Crippen LogP contribution in [0.5, 0.6) is 0 Å². The van der Waals surface area contributed by atoms with E-state index in [4.69, 9.17) is 0 Å². The number of likely N-dealkylation sites (tertiary alicyclic amines) is 1. The van der Waals surface area contributed by atoms with Gasteiger partial charge in [0.05, 0.1) is 5.41 Å². The first-order chi connectivity index (χ1) is 13.1. The van der Waals surface area contributed by atoms with Crippen LogP contribution in [0.15, 0.2) is 24.3 Å². The molecule has 0 atom stereocenters. The van der Waals surface area contributed by atoms with E-state index in [1.807, 2.05) is 4.90 Å². The number of carbonyl (C=O) groups is 2. The molecule has 27 heavy (non-hydrogen) atoms. The Morgan fingerprint density at radius 2 is 1.74 bits per heavy atom. The number of nitrogens with zero attached hydrogens (tertiary/aromatic N) is 1. The van der Waals surface area contributed by atoms with E-state index in [1.54, 1.807) is 0 Å². The van der Waals surface area contributed by atoms with Crippen LogP contribution in [0.4, 0.5) is 0 Å². The quantitative estimate of drug-likeness (QED) is 0.881. The summed E-state index contributed by atoms with van der Waals surface area (Å²) in [5, 5.41) is 3.26. The molecule has 0 spiro atoms. The van der Waals surface area contributed by atoms with Crippen LogP contribution in [0.25, 0.3) is 0 Å². The maximum absolute atomic E-state index is 13.2. The Hall–Kier alpha value is -1.84. The van der Waals surface area contributed by atoms with Crippen LogP contribution in [0.2, 0.25) is 0 Å². The Labute approximate surface area is 162 Å². The van der Waals surface area contributed by atoms with Crippen LogP contribution in [0.1, 0.15) is 68.9 Å². The summed E-state index contributed by atoms with van der Waals surface area (Å²) in [6.45, 7) is 3.62. The predicted molar refractivity (Wildman–Crippen MR) is 106 cm³/mol. The lowest BCUT2D eigenvalue weighted by Gasteiger charge is -2.35. The van der Waals surface area contributed by atoms with Gasteiger partial charge in [-0.25, -0.2) is 0 Å². The number of carbonyl (C=O) groups excluding carboxylic acids is 2. The van der Waals surface area contributed by atoms with Gasteiger partial charge in [-0.05, 0) is 51.0 Å². The number of aryl methyl sites for hydroxylation is 1. The third kappa shape index (κ3) is 3.90. The van der Waals surface area contributed by atoms with Crippen molar-refractivity contribution in [2.75, 3.05) is 13.1 Å². The molecule has 1 heterocycles. The first-order valence-electron chi connectivity index (χ1n) is 10.8. The summed E-state index contributed by atoms with van der Waals surface area (Å²) >= 11 is 0. The average Bonchev–Trinajstić information content (AvgIpc) is 3.51. The SMILES string of the molecule is Cc1cccc(C2(C(=O)N3CCC(NC(=O)C4CCCCC4)CC3)CC2)c1. The van der Waals surface area contributed by atoms with Crippen LogP contribution in [-0.4, -0.2) is 35.8 Å². The molecular formula is C23H32N2O2. The number of piperidine rings is 1. The van der Waals surface area contributed by atoms with Crippen LogP contribution >= 0.6 is 0 Å². The van der Waals surface area contributed by atoms with Crippen molar-refractivity contribution in [1.29, 1.82) is 0 Å². The van der Waals surface area contributed by atoms with Gasteiger partial charge in [0, 0.05) is 25.0 Å². The number of rotatable bonds is 4. The fraction of sp³-hybridized carbons (Fsp3) is 0.652. The van der Waals surface area contributed by atoms with Crippen molar-refractivity contribution in [2.24, 2.45) is 5.92 Å². The van der Waals surface area contributed by atoms with Gasteiger partial charge in [-0.1, -0.05) is 49.1 Å². The zero-order valence-electron chi connectivity index (χ0n) is 16.5. The lowest BCUT2D eigenvalue weighted by atomic mass is 9.88. The second-order valence-corrected chi connectivity index (χ2v) is 8.86. The molecule has 0 aromatic heterocycles. The molecular weight excluding hydrogens is 336 g/mol. The van der Waals surface area contributed by atoms with Crippen molar-refractivity contribution in [3.63, 3.8) is 0 Å². The Bertz CT molecular complexity index is 696. The van der Waals surface area contributed by atoms with E-state index in [9.17, 15) is 9.59 Å². The molecule has 1 aliphatic heterocycles. The number of hydrogen-bond donors (Lipinski definition) is 1. The molecule has 0 radical (unpaired) electrons. The van der Waals surface area contributed by atoms with Crippen molar-refractivity contribution in [3.05, 3.63) is 35.4 Å². The summed E-state index contributed by atoms with van der Waals surface area (Å²) in [5.74, 6) is 0.762.